The first-order valence-corrected chi connectivity index (χ1v) is 41.3. The minimum Gasteiger partial charge on any atom is -0.462 e. The summed E-state index contributed by atoms with van der Waals surface area (Å²) in [5, 5.41) is 10.6. The standard InChI is InChI=1S/C74H144O17P2/c1-9-66(7)52-44-36-28-21-17-13-11-12-14-18-23-31-40-48-56-73(78)90-69(60-84-71(76)54-46-38-29-22-19-15-16-20-26-34-42-50-64(3)4)62-88-92(80,81)86-58-68(75)59-87-93(82,83)89-63-70(91-74(79)57-49-41-33-32-37-45-53-67(8)10-2)61-85-72(77)55-47-39-30-25-24-27-35-43-51-65(5)6/h64-70,75H,9-63H2,1-8H3,(H,80,81)(H,82,83)/t66?,67?,68?,69-,70-/m1/s1. The van der Waals surface area contributed by atoms with E-state index in [2.05, 4.69) is 55.4 Å². The van der Waals surface area contributed by atoms with E-state index < -0.39 is 97.5 Å². The number of aliphatic hydroxyl groups is 1. The summed E-state index contributed by atoms with van der Waals surface area (Å²) in [7, 11) is -9.91. The van der Waals surface area contributed by atoms with Gasteiger partial charge in [-0.2, -0.15) is 0 Å². The maximum Gasteiger partial charge on any atom is 0.472 e. The molecule has 0 aromatic heterocycles. The van der Waals surface area contributed by atoms with Crippen molar-refractivity contribution in [2.24, 2.45) is 23.7 Å². The Bertz CT molecular complexity index is 1840. The fourth-order valence-electron chi connectivity index (χ4n) is 11.1. The van der Waals surface area contributed by atoms with Gasteiger partial charge in [0.25, 0.3) is 0 Å². The normalized spacial score (nSPS) is 14.8. The summed E-state index contributed by atoms with van der Waals surface area (Å²) in [4.78, 5) is 72.7. The molecule has 0 aliphatic heterocycles. The molecule has 17 nitrogen and oxygen atoms in total. The van der Waals surface area contributed by atoms with Gasteiger partial charge in [-0.3, -0.25) is 37.3 Å². The zero-order chi connectivity index (χ0) is 68.9. The molecule has 5 unspecified atom stereocenters. The van der Waals surface area contributed by atoms with Crippen LogP contribution in [0.1, 0.15) is 370 Å². The second-order valence-corrected chi connectivity index (χ2v) is 31.0. The van der Waals surface area contributed by atoms with Crippen molar-refractivity contribution in [1.82, 2.24) is 0 Å². The van der Waals surface area contributed by atoms with Gasteiger partial charge < -0.3 is 33.8 Å². The second kappa shape index (κ2) is 63.5. The number of carbonyl (C=O) groups excluding carboxylic acids is 4. The first-order valence-electron chi connectivity index (χ1n) is 38.3. The zero-order valence-electron chi connectivity index (χ0n) is 60.9. The molecule has 0 aromatic rings. The van der Waals surface area contributed by atoms with Crippen molar-refractivity contribution in [2.75, 3.05) is 39.6 Å². The van der Waals surface area contributed by atoms with E-state index in [0.717, 1.165) is 114 Å². The third-order valence-electron chi connectivity index (χ3n) is 17.8. The van der Waals surface area contributed by atoms with E-state index in [1.54, 1.807) is 0 Å². The quantitative estimate of drug-likeness (QED) is 0.0222. The maximum atomic E-state index is 13.1. The van der Waals surface area contributed by atoms with Gasteiger partial charge in [0, 0.05) is 25.7 Å². The van der Waals surface area contributed by atoms with Crippen LogP contribution in [-0.4, -0.2) is 96.7 Å². The summed E-state index contributed by atoms with van der Waals surface area (Å²) in [6, 6.07) is 0. The molecule has 0 saturated heterocycles. The van der Waals surface area contributed by atoms with Crippen LogP contribution in [0.15, 0.2) is 0 Å². The number of hydrogen-bond donors (Lipinski definition) is 3. The largest absolute Gasteiger partial charge is 0.472 e. The number of esters is 4. The van der Waals surface area contributed by atoms with Crippen LogP contribution in [0.4, 0.5) is 0 Å². The Morgan fingerprint density at radius 3 is 0.763 bits per heavy atom. The van der Waals surface area contributed by atoms with Crippen LogP contribution in [0.5, 0.6) is 0 Å². The molecular formula is C74H144O17P2. The number of aliphatic hydroxyl groups excluding tert-OH is 1. The number of rotatable bonds is 71. The second-order valence-electron chi connectivity index (χ2n) is 28.1. The summed E-state index contributed by atoms with van der Waals surface area (Å²) in [5.41, 5.74) is 0. The molecular weight excluding hydrogens is 1220 g/mol. The minimum absolute atomic E-state index is 0.102. The molecule has 0 spiro atoms. The molecule has 0 bridgehead atoms. The lowest BCUT2D eigenvalue weighted by atomic mass is 9.99. The molecule has 0 aliphatic carbocycles. The molecule has 0 radical (unpaired) electrons. The highest BCUT2D eigenvalue weighted by molar-refractivity contribution is 7.47. The molecule has 0 saturated carbocycles. The molecule has 7 atom stereocenters. The molecule has 0 aromatic carbocycles. The highest BCUT2D eigenvalue weighted by Gasteiger charge is 2.30. The van der Waals surface area contributed by atoms with Crippen molar-refractivity contribution in [3.8, 4) is 0 Å². The van der Waals surface area contributed by atoms with Crippen LogP contribution >= 0.6 is 15.6 Å². The van der Waals surface area contributed by atoms with Crippen LogP contribution < -0.4 is 0 Å². The molecule has 0 fully saturated rings. The van der Waals surface area contributed by atoms with Gasteiger partial charge in [0.15, 0.2) is 12.2 Å². The van der Waals surface area contributed by atoms with Crippen LogP contribution in [0, 0.1) is 23.7 Å². The van der Waals surface area contributed by atoms with Gasteiger partial charge in [-0.15, -0.1) is 0 Å². The summed E-state index contributed by atoms with van der Waals surface area (Å²) >= 11 is 0. The number of ether oxygens (including phenoxy) is 4. The highest BCUT2D eigenvalue weighted by atomic mass is 31.2. The Morgan fingerprint density at radius 1 is 0.301 bits per heavy atom. The predicted octanol–water partition coefficient (Wildman–Crippen LogP) is 21.3. The Balaban J connectivity index is 5.25. The lowest BCUT2D eigenvalue weighted by Crippen LogP contribution is -2.30. The molecule has 0 heterocycles. The molecule has 19 heteroatoms. The SMILES string of the molecule is CCC(C)CCCCCCCCCCCCCCCCC(=O)O[C@H](COC(=O)CCCCCCCCCCCCCC(C)C)COP(=O)(O)OCC(O)COP(=O)(O)OC[C@@H](COC(=O)CCCCCCCCCCC(C)C)OC(=O)CCCCCCCCC(C)CC. The average Bonchev–Trinajstić information content (AvgIpc) is 2.85. The average molecular weight is 1370 g/mol. The van der Waals surface area contributed by atoms with Crippen molar-refractivity contribution in [2.45, 2.75) is 388 Å². The van der Waals surface area contributed by atoms with E-state index in [4.69, 9.17) is 37.0 Å². The summed E-state index contributed by atoms with van der Waals surface area (Å²) < 4.78 is 68.4. The van der Waals surface area contributed by atoms with Crippen molar-refractivity contribution in [3.63, 3.8) is 0 Å². The van der Waals surface area contributed by atoms with Gasteiger partial charge >= 0.3 is 39.5 Å². The van der Waals surface area contributed by atoms with Crippen molar-refractivity contribution in [3.05, 3.63) is 0 Å². The van der Waals surface area contributed by atoms with E-state index in [0.29, 0.717) is 25.7 Å². The van der Waals surface area contributed by atoms with Crippen LogP contribution in [0.3, 0.4) is 0 Å². The zero-order valence-corrected chi connectivity index (χ0v) is 62.7. The number of carbonyl (C=O) groups is 4. The van der Waals surface area contributed by atoms with Gasteiger partial charge in [-0.1, -0.05) is 319 Å². The number of unbranched alkanes of at least 4 members (excludes halogenated alkanes) is 35. The van der Waals surface area contributed by atoms with Crippen molar-refractivity contribution >= 4 is 39.5 Å². The third-order valence-corrected chi connectivity index (χ3v) is 19.7. The molecule has 0 amide bonds. The van der Waals surface area contributed by atoms with E-state index in [9.17, 15) is 43.2 Å². The van der Waals surface area contributed by atoms with Gasteiger partial charge in [-0.25, -0.2) is 9.13 Å². The van der Waals surface area contributed by atoms with Gasteiger partial charge in [0.1, 0.15) is 19.3 Å². The van der Waals surface area contributed by atoms with Crippen LogP contribution in [0.25, 0.3) is 0 Å². The highest BCUT2D eigenvalue weighted by Crippen LogP contribution is 2.45. The van der Waals surface area contributed by atoms with E-state index >= 15 is 0 Å². The van der Waals surface area contributed by atoms with Crippen molar-refractivity contribution < 1.29 is 80.2 Å². The number of hydrogen-bond acceptors (Lipinski definition) is 15. The third kappa shape index (κ3) is 65.8. The Labute approximate surface area is 568 Å². The summed E-state index contributed by atoms with van der Waals surface area (Å²) in [5.74, 6) is 0.937. The van der Waals surface area contributed by atoms with Gasteiger partial charge in [-0.05, 0) is 49.4 Å². The van der Waals surface area contributed by atoms with Gasteiger partial charge in [0.2, 0.25) is 0 Å². The van der Waals surface area contributed by atoms with Crippen molar-refractivity contribution in [1.29, 1.82) is 0 Å². The summed E-state index contributed by atoms with van der Waals surface area (Å²) in [6.45, 7) is 14.2. The number of phosphoric acid groups is 2. The van der Waals surface area contributed by atoms with Gasteiger partial charge in [0.05, 0.1) is 26.4 Å². The summed E-state index contributed by atoms with van der Waals surface area (Å²) in [6.07, 6.45) is 47.2. The van der Waals surface area contributed by atoms with E-state index in [1.807, 2.05) is 0 Å². The fourth-order valence-corrected chi connectivity index (χ4v) is 12.7. The Hall–Kier alpha value is -1.94. The lowest BCUT2D eigenvalue weighted by Gasteiger charge is -2.21. The molecule has 0 rings (SSSR count). The molecule has 3 N–H and O–H groups in total. The minimum atomic E-state index is -4.96. The first kappa shape index (κ1) is 91.1. The molecule has 552 valence electrons. The Kier molecular flexibility index (Phi) is 62.2. The maximum absolute atomic E-state index is 13.1. The van der Waals surface area contributed by atoms with E-state index in [-0.39, 0.29) is 25.7 Å². The monoisotopic (exact) mass is 1370 g/mol. The first-order chi connectivity index (χ1) is 44.7. The topological polar surface area (TPSA) is 237 Å². The Morgan fingerprint density at radius 2 is 0.516 bits per heavy atom. The van der Waals surface area contributed by atoms with Crippen LogP contribution in [-0.2, 0) is 65.4 Å². The van der Waals surface area contributed by atoms with Crippen LogP contribution in [0.2, 0.25) is 0 Å². The smallest absolute Gasteiger partial charge is 0.462 e. The lowest BCUT2D eigenvalue weighted by molar-refractivity contribution is -0.161. The number of phosphoric ester groups is 2. The molecule has 0 aliphatic rings. The molecule has 93 heavy (non-hydrogen) atoms. The van der Waals surface area contributed by atoms with E-state index in [1.165, 1.54) is 173 Å². The predicted molar refractivity (Wildman–Crippen MR) is 377 cm³/mol. The fraction of sp³-hybridized carbons (Fsp3) is 0.946.